The van der Waals surface area contributed by atoms with Gasteiger partial charge in [0.15, 0.2) is 0 Å². The van der Waals surface area contributed by atoms with Gasteiger partial charge in [0.25, 0.3) is 5.56 Å². The second-order valence-electron chi connectivity index (χ2n) is 9.56. The quantitative estimate of drug-likeness (QED) is 0.313. The highest BCUT2D eigenvalue weighted by molar-refractivity contribution is 8.00. The Bertz CT molecular complexity index is 2220. The maximum atomic E-state index is 14.5. The van der Waals surface area contributed by atoms with Crippen LogP contribution in [0.4, 0.5) is 0 Å². The van der Waals surface area contributed by atoms with Gasteiger partial charge in [0.1, 0.15) is 15.4 Å². The van der Waals surface area contributed by atoms with E-state index in [1.165, 1.54) is 24.3 Å². The van der Waals surface area contributed by atoms with Crippen LogP contribution in [0.15, 0.2) is 141 Å². The molecule has 42 heavy (non-hydrogen) atoms. The van der Waals surface area contributed by atoms with Crippen LogP contribution in [0.1, 0.15) is 17.0 Å². The molecule has 1 aromatic heterocycles. The fraction of sp³-hybridized carbons (Fsp3) is 0.0312. The molecule has 4 aromatic carbocycles. The van der Waals surface area contributed by atoms with Gasteiger partial charge in [-0.3, -0.25) is 9.36 Å². The molecule has 10 heteroatoms. The summed E-state index contributed by atoms with van der Waals surface area (Å²) < 4.78 is 59.0. The highest BCUT2D eigenvalue weighted by Gasteiger charge is 2.44. The third kappa shape index (κ3) is 4.63. The van der Waals surface area contributed by atoms with Gasteiger partial charge in [-0.2, -0.15) is 0 Å². The first-order valence-corrected chi connectivity index (χ1v) is 16.7. The number of sulfone groups is 2. The summed E-state index contributed by atoms with van der Waals surface area (Å²) in [5, 5.41) is 0. The zero-order valence-electron chi connectivity index (χ0n) is 22.0. The third-order valence-corrected chi connectivity index (χ3v) is 12.0. The summed E-state index contributed by atoms with van der Waals surface area (Å²) in [5.74, 6) is -1.65. The van der Waals surface area contributed by atoms with Gasteiger partial charge in [-0.1, -0.05) is 97.1 Å². The zero-order valence-corrected chi connectivity index (χ0v) is 24.4. The monoisotopic (exact) mass is 612 g/mol. The van der Waals surface area contributed by atoms with E-state index in [0.29, 0.717) is 5.56 Å². The minimum absolute atomic E-state index is 0.0288. The Balaban J connectivity index is 1.81. The maximum absolute atomic E-state index is 14.5. The van der Waals surface area contributed by atoms with E-state index < -0.39 is 31.2 Å². The number of aromatic nitrogens is 1. The summed E-state index contributed by atoms with van der Waals surface area (Å²) in [5.41, 5.74) is 7.16. The third-order valence-electron chi connectivity index (χ3n) is 6.97. The molecule has 0 spiro atoms. The van der Waals surface area contributed by atoms with E-state index in [0.717, 1.165) is 21.5 Å². The summed E-state index contributed by atoms with van der Waals surface area (Å²) in [4.78, 5) is 13.2. The molecule has 0 saturated carbocycles. The number of nitrogens with zero attached hydrogens (tertiary/aromatic N) is 1. The van der Waals surface area contributed by atoms with E-state index in [1.54, 1.807) is 72.8 Å². The molecule has 0 radical (unpaired) electrons. The van der Waals surface area contributed by atoms with Crippen molar-refractivity contribution in [3.05, 3.63) is 157 Å². The minimum Gasteiger partial charge on any atom is -0.384 e. The summed E-state index contributed by atoms with van der Waals surface area (Å²) in [6.07, 6.45) is 1.64. The van der Waals surface area contributed by atoms with Gasteiger partial charge < -0.3 is 5.73 Å². The molecule has 0 aliphatic carbocycles. The van der Waals surface area contributed by atoms with Crippen LogP contribution in [0, 0.1) is 0 Å². The molecule has 0 fully saturated rings. The van der Waals surface area contributed by atoms with E-state index in [-0.39, 0.29) is 34.6 Å². The second-order valence-corrected chi connectivity index (χ2v) is 14.4. The van der Waals surface area contributed by atoms with Crippen LogP contribution in [-0.2, 0) is 19.7 Å². The summed E-state index contributed by atoms with van der Waals surface area (Å²) >= 11 is 0.967. The standard InChI is InChI=1S/C32H24N2O5S3/c33-30-28(41(36,37)24-17-9-3-10-18-24)27(23-15-7-2-8-16-23)29(42(38,39)25-19-11-4-12-20-25)32-34(30)31(35)26(40-32)21-22-13-5-1-6-14-22/h1-21,27H,33H2/b26-21+. The maximum Gasteiger partial charge on any atom is 0.274 e. The molecule has 0 saturated heterocycles. The van der Waals surface area contributed by atoms with Crippen molar-refractivity contribution in [1.29, 1.82) is 0 Å². The molecule has 0 bridgehead atoms. The molecule has 5 aromatic rings. The molecule has 0 amide bonds. The summed E-state index contributed by atoms with van der Waals surface area (Å²) in [7, 11) is -8.74. The van der Waals surface area contributed by atoms with Gasteiger partial charge >= 0.3 is 0 Å². The van der Waals surface area contributed by atoms with Gasteiger partial charge in [0.05, 0.1) is 25.1 Å². The summed E-state index contributed by atoms with van der Waals surface area (Å²) in [6, 6.07) is 33.0. The Morgan fingerprint density at radius 3 is 1.62 bits per heavy atom. The lowest BCUT2D eigenvalue weighted by molar-refractivity contribution is 0.598. The van der Waals surface area contributed by atoms with Crippen LogP contribution in [0.25, 0.3) is 16.8 Å². The molecule has 1 unspecified atom stereocenters. The predicted octanol–water partition coefficient (Wildman–Crippen LogP) is 3.68. The number of rotatable bonds is 6. The number of thiazole rings is 1. The molecule has 210 valence electrons. The van der Waals surface area contributed by atoms with E-state index in [1.807, 2.05) is 30.3 Å². The molecule has 6 rings (SSSR count). The fourth-order valence-corrected chi connectivity index (χ4v) is 9.99. The largest absolute Gasteiger partial charge is 0.384 e. The van der Waals surface area contributed by atoms with E-state index in [9.17, 15) is 21.6 Å². The van der Waals surface area contributed by atoms with Crippen molar-refractivity contribution >= 4 is 47.8 Å². The number of allylic oxidation sites excluding steroid dienone is 1. The van der Waals surface area contributed by atoms with Gasteiger partial charge in [-0.05, 0) is 41.5 Å². The second kappa shape index (κ2) is 10.7. The molecule has 2 N–H and O–H groups in total. The molecule has 1 aliphatic heterocycles. The first-order valence-electron chi connectivity index (χ1n) is 12.9. The first-order chi connectivity index (χ1) is 20.2. The number of hydrogen-bond donors (Lipinski definition) is 1. The Morgan fingerprint density at radius 1 is 0.643 bits per heavy atom. The Labute approximate surface area is 246 Å². The van der Waals surface area contributed by atoms with Crippen LogP contribution in [0.5, 0.6) is 0 Å². The average molecular weight is 613 g/mol. The number of benzene rings is 4. The smallest absolute Gasteiger partial charge is 0.274 e. The SMILES string of the molecule is NC1=C(S(=O)(=O)c2ccccc2)C(c2ccccc2)C(S(=O)(=O)c2ccccc2)=c2s/c(=C/c3ccccc3)c(=O)n21. The number of hydrogen-bond acceptors (Lipinski definition) is 7. The predicted molar refractivity (Wildman–Crippen MR) is 165 cm³/mol. The lowest BCUT2D eigenvalue weighted by atomic mass is 9.97. The van der Waals surface area contributed by atoms with Crippen molar-refractivity contribution in [1.82, 2.24) is 4.57 Å². The normalized spacial score (nSPS) is 16.0. The lowest BCUT2D eigenvalue weighted by Gasteiger charge is -2.28. The Kier molecular flexibility index (Phi) is 7.05. The number of nitrogens with two attached hydrogens (primary N) is 1. The van der Waals surface area contributed by atoms with Crippen LogP contribution in [0.2, 0.25) is 0 Å². The first kappa shape index (κ1) is 27.6. The minimum atomic E-state index is -4.39. The van der Waals surface area contributed by atoms with Crippen LogP contribution in [0.3, 0.4) is 0 Å². The fourth-order valence-electron chi connectivity index (χ4n) is 5.03. The molecule has 2 heterocycles. The van der Waals surface area contributed by atoms with Crippen LogP contribution in [-0.4, -0.2) is 21.4 Å². The highest BCUT2D eigenvalue weighted by Crippen LogP contribution is 2.45. The molecule has 1 atom stereocenters. The lowest BCUT2D eigenvalue weighted by Crippen LogP contribution is -2.41. The van der Waals surface area contributed by atoms with E-state index in [2.05, 4.69) is 0 Å². The number of fused-ring (bicyclic) bond motifs is 1. The van der Waals surface area contributed by atoms with Crippen molar-refractivity contribution in [3.63, 3.8) is 0 Å². The Hall–Kier alpha value is -4.51. The van der Waals surface area contributed by atoms with Crippen molar-refractivity contribution in [3.8, 4) is 0 Å². The zero-order chi connectivity index (χ0) is 29.5. The van der Waals surface area contributed by atoms with E-state index >= 15 is 0 Å². The Morgan fingerprint density at radius 2 is 1.10 bits per heavy atom. The van der Waals surface area contributed by atoms with Crippen LogP contribution < -0.4 is 20.5 Å². The van der Waals surface area contributed by atoms with Gasteiger partial charge in [0.2, 0.25) is 19.7 Å². The molecule has 1 aliphatic rings. The van der Waals surface area contributed by atoms with Crippen molar-refractivity contribution in [2.45, 2.75) is 15.7 Å². The van der Waals surface area contributed by atoms with Gasteiger partial charge in [0, 0.05) is 0 Å². The average Bonchev–Trinajstić information content (AvgIpc) is 3.33. The molecular weight excluding hydrogens is 589 g/mol. The van der Waals surface area contributed by atoms with Gasteiger partial charge in [-0.25, -0.2) is 16.8 Å². The topological polar surface area (TPSA) is 116 Å². The van der Waals surface area contributed by atoms with Crippen molar-refractivity contribution in [2.75, 3.05) is 0 Å². The molecule has 7 nitrogen and oxygen atoms in total. The highest BCUT2D eigenvalue weighted by atomic mass is 32.2. The summed E-state index contributed by atoms with van der Waals surface area (Å²) in [6.45, 7) is 0. The van der Waals surface area contributed by atoms with E-state index in [4.69, 9.17) is 5.73 Å². The molecular formula is C32H24N2O5S3. The van der Waals surface area contributed by atoms with Crippen molar-refractivity contribution < 1.29 is 16.8 Å². The van der Waals surface area contributed by atoms with Crippen LogP contribution >= 0.6 is 11.3 Å². The van der Waals surface area contributed by atoms with Gasteiger partial charge in [-0.15, -0.1) is 11.3 Å². The van der Waals surface area contributed by atoms with Crippen molar-refractivity contribution in [2.24, 2.45) is 5.73 Å².